The van der Waals surface area contributed by atoms with Crippen LogP contribution in [0.25, 0.3) is 11.6 Å². The van der Waals surface area contributed by atoms with Gasteiger partial charge in [-0.15, -0.1) is 0 Å². The first-order chi connectivity index (χ1) is 14.9. The van der Waals surface area contributed by atoms with Crippen molar-refractivity contribution in [1.82, 2.24) is 0 Å². The normalized spacial score (nSPS) is 11.0. The summed E-state index contributed by atoms with van der Waals surface area (Å²) in [5.41, 5.74) is 2.16. The van der Waals surface area contributed by atoms with Gasteiger partial charge in [-0.2, -0.15) is 5.26 Å². The van der Waals surface area contributed by atoms with Gasteiger partial charge in [0.05, 0.1) is 28.1 Å². The van der Waals surface area contributed by atoms with Gasteiger partial charge in [0.1, 0.15) is 12.4 Å². The van der Waals surface area contributed by atoms with E-state index in [2.05, 4.69) is 22.0 Å². The zero-order chi connectivity index (χ0) is 22.4. The van der Waals surface area contributed by atoms with Gasteiger partial charge in [0.25, 0.3) is 5.69 Å². The molecule has 0 saturated heterocycles. The molecule has 0 N–H and O–H groups in total. The van der Waals surface area contributed by atoms with Crippen LogP contribution in [0, 0.1) is 27.3 Å². The lowest BCUT2D eigenvalue weighted by Gasteiger charge is -2.14. The van der Waals surface area contributed by atoms with E-state index in [1.165, 1.54) is 43.5 Å². The molecular weight excluding hydrogens is 467 g/mol. The molecule has 3 aromatic carbocycles. The Morgan fingerprint density at radius 1 is 1.23 bits per heavy atom. The van der Waals surface area contributed by atoms with Crippen molar-refractivity contribution < 1.29 is 18.8 Å². The molecule has 0 spiro atoms. The van der Waals surface area contributed by atoms with E-state index < -0.39 is 4.92 Å². The topological polar surface area (TPSA) is 85.4 Å². The highest BCUT2D eigenvalue weighted by molar-refractivity contribution is 9.10. The van der Waals surface area contributed by atoms with E-state index in [4.69, 9.17) is 9.47 Å². The number of hydrogen-bond donors (Lipinski definition) is 0. The molecular formula is C23H16BrFN2O4. The molecule has 0 aromatic heterocycles. The van der Waals surface area contributed by atoms with Crippen molar-refractivity contribution in [3.05, 3.63) is 97.8 Å². The maximum absolute atomic E-state index is 13.4. The second-order valence-electron chi connectivity index (χ2n) is 6.43. The molecule has 8 heteroatoms. The molecule has 0 aliphatic heterocycles. The van der Waals surface area contributed by atoms with Crippen LogP contribution in [0.3, 0.4) is 0 Å². The van der Waals surface area contributed by atoms with Crippen LogP contribution in [0.5, 0.6) is 11.5 Å². The number of nitrogens with zero attached hydrogens (tertiary/aromatic N) is 2. The quantitative estimate of drug-likeness (QED) is 0.174. The lowest BCUT2D eigenvalue weighted by Crippen LogP contribution is -1.99. The second-order valence-corrected chi connectivity index (χ2v) is 7.28. The van der Waals surface area contributed by atoms with Gasteiger partial charge in [-0.05, 0) is 75.1 Å². The number of allylic oxidation sites excluding steroid dienone is 1. The average molecular weight is 483 g/mol. The first kappa shape index (κ1) is 22.0. The second kappa shape index (κ2) is 9.87. The van der Waals surface area contributed by atoms with Gasteiger partial charge >= 0.3 is 0 Å². The summed E-state index contributed by atoms with van der Waals surface area (Å²) in [6, 6.07) is 17.4. The summed E-state index contributed by atoms with van der Waals surface area (Å²) in [6.45, 7) is 0.147. The maximum atomic E-state index is 13.4. The van der Waals surface area contributed by atoms with E-state index in [1.807, 2.05) is 0 Å². The van der Waals surface area contributed by atoms with Crippen LogP contribution in [0.4, 0.5) is 10.1 Å². The highest BCUT2D eigenvalue weighted by Crippen LogP contribution is 2.38. The molecule has 0 heterocycles. The van der Waals surface area contributed by atoms with Gasteiger partial charge < -0.3 is 9.47 Å². The maximum Gasteiger partial charge on any atom is 0.269 e. The average Bonchev–Trinajstić information content (AvgIpc) is 2.76. The molecule has 31 heavy (non-hydrogen) atoms. The summed E-state index contributed by atoms with van der Waals surface area (Å²) in [5.74, 6) is 0.527. The van der Waals surface area contributed by atoms with E-state index in [1.54, 1.807) is 30.3 Å². The molecule has 0 unspecified atom stereocenters. The summed E-state index contributed by atoms with van der Waals surface area (Å²) in [6.07, 6.45) is 1.64. The number of hydrogen-bond acceptors (Lipinski definition) is 5. The highest BCUT2D eigenvalue weighted by Gasteiger charge is 2.13. The molecule has 3 aromatic rings. The van der Waals surface area contributed by atoms with E-state index >= 15 is 0 Å². The van der Waals surface area contributed by atoms with Gasteiger partial charge in [0, 0.05) is 12.1 Å². The van der Waals surface area contributed by atoms with Crippen LogP contribution >= 0.6 is 15.9 Å². The number of non-ortho nitro benzene ring substituents is 1. The fraction of sp³-hybridized carbons (Fsp3) is 0.0870. The Labute approximate surface area is 186 Å². The monoisotopic (exact) mass is 482 g/mol. The number of halogens is 2. The van der Waals surface area contributed by atoms with Crippen LogP contribution in [-0.2, 0) is 6.61 Å². The van der Waals surface area contributed by atoms with Crippen molar-refractivity contribution in [3.63, 3.8) is 0 Å². The lowest BCUT2D eigenvalue weighted by molar-refractivity contribution is -0.384. The lowest BCUT2D eigenvalue weighted by atomic mass is 10.0. The number of methoxy groups -OCH3 is 1. The largest absolute Gasteiger partial charge is 0.493 e. The van der Waals surface area contributed by atoms with Crippen LogP contribution in [0.15, 0.2) is 65.1 Å². The molecule has 0 amide bonds. The summed E-state index contributed by atoms with van der Waals surface area (Å²) >= 11 is 3.45. The number of rotatable bonds is 7. The van der Waals surface area contributed by atoms with Crippen LogP contribution < -0.4 is 9.47 Å². The van der Waals surface area contributed by atoms with Gasteiger partial charge in [0.2, 0.25) is 0 Å². The minimum absolute atomic E-state index is 0.0507. The van der Waals surface area contributed by atoms with Gasteiger partial charge in [0.15, 0.2) is 11.5 Å². The molecule has 3 rings (SSSR count). The Kier molecular flexibility index (Phi) is 7.00. The van der Waals surface area contributed by atoms with Crippen molar-refractivity contribution in [2.45, 2.75) is 6.61 Å². The zero-order valence-electron chi connectivity index (χ0n) is 16.3. The summed E-state index contributed by atoms with van der Waals surface area (Å²) in [4.78, 5) is 10.3. The third-order valence-electron chi connectivity index (χ3n) is 4.34. The Bertz CT molecular complexity index is 1190. The van der Waals surface area contributed by atoms with Gasteiger partial charge in [-0.1, -0.05) is 12.1 Å². The van der Waals surface area contributed by atoms with Gasteiger partial charge in [-0.3, -0.25) is 10.1 Å². The molecule has 0 radical (unpaired) electrons. The van der Waals surface area contributed by atoms with Crippen molar-refractivity contribution in [2.75, 3.05) is 7.11 Å². The number of benzene rings is 3. The molecule has 0 saturated carbocycles. The van der Waals surface area contributed by atoms with E-state index in [0.29, 0.717) is 38.2 Å². The third kappa shape index (κ3) is 5.47. The summed E-state index contributed by atoms with van der Waals surface area (Å²) in [5, 5.41) is 20.4. The third-order valence-corrected chi connectivity index (χ3v) is 4.93. The predicted octanol–water partition coefficient (Wildman–Crippen LogP) is 6.15. The van der Waals surface area contributed by atoms with Crippen molar-refractivity contribution in [3.8, 4) is 17.6 Å². The standard InChI is InChI=1S/C23H16BrFN2O4/c1-30-22-12-16(9-18(13-26)17-5-7-20(8-6-17)27(28)29)11-21(24)23(22)31-14-15-3-2-4-19(25)10-15/h2-12H,14H2,1H3/b18-9-. The minimum Gasteiger partial charge on any atom is -0.493 e. The van der Waals surface area contributed by atoms with Crippen molar-refractivity contribution in [2.24, 2.45) is 0 Å². The molecule has 0 bridgehead atoms. The van der Waals surface area contributed by atoms with Crippen molar-refractivity contribution >= 4 is 33.3 Å². The Morgan fingerprint density at radius 2 is 1.97 bits per heavy atom. The molecule has 0 aliphatic rings. The first-order valence-corrected chi connectivity index (χ1v) is 9.82. The summed E-state index contributed by atoms with van der Waals surface area (Å²) in [7, 11) is 1.49. The van der Waals surface area contributed by atoms with Crippen molar-refractivity contribution in [1.29, 1.82) is 5.26 Å². The zero-order valence-corrected chi connectivity index (χ0v) is 17.9. The Balaban J connectivity index is 1.88. The van der Waals surface area contributed by atoms with E-state index in [9.17, 15) is 19.8 Å². The smallest absolute Gasteiger partial charge is 0.269 e. The number of nitro groups is 1. The van der Waals surface area contributed by atoms with Gasteiger partial charge in [-0.25, -0.2) is 4.39 Å². The minimum atomic E-state index is -0.496. The molecule has 0 atom stereocenters. The molecule has 156 valence electrons. The number of ether oxygens (including phenoxy) is 2. The first-order valence-electron chi connectivity index (χ1n) is 9.02. The van der Waals surface area contributed by atoms with Crippen LogP contribution in [-0.4, -0.2) is 12.0 Å². The number of nitro benzene ring substituents is 1. The number of nitriles is 1. The fourth-order valence-corrected chi connectivity index (χ4v) is 3.43. The van der Waals surface area contributed by atoms with E-state index in [-0.39, 0.29) is 18.1 Å². The predicted molar refractivity (Wildman–Crippen MR) is 118 cm³/mol. The summed E-state index contributed by atoms with van der Waals surface area (Å²) < 4.78 is 25.2. The molecule has 0 aliphatic carbocycles. The highest BCUT2D eigenvalue weighted by atomic mass is 79.9. The molecule has 6 nitrogen and oxygen atoms in total. The van der Waals surface area contributed by atoms with E-state index in [0.717, 1.165) is 0 Å². The van der Waals surface area contributed by atoms with Crippen LogP contribution in [0.1, 0.15) is 16.7 Å². The Hall–Kier alpha value is -3.70. The molecule has 0 fully saturated rings. The SMILES string of the molecule is COc1cc(/C=C(/C#N)c2ccc([N+](=O)[O-])cc2)cc(Br)c1OCc1cccc(F)c1. The van der Waals surface area contributed by atoms with Crippen LogP contribution in [0.2, 0.25) is 0 Å². The fourth-order valence-electron chi connectivity index (χ4n) is 2.85. The Morgan fingerprint density at radius 3 is 2.58 bits per heavy atom.